The highest BCUT2D eigenvalue weighted by Crippen LogP contribution is 2.49. The van der Waals surface area contributed by atoms with Crippen LogP contribution in [0.2, 0.25) is 54.4 Å². The van der Waals surface area contributed by atoms with Gasteiger partial charge in [0.05, 0.1) is 24.3 Å². The van der Waals surface area contributed by atoms with E-state index in [2.05, 4.69) is 106 Å². The fourth-order valence-corrected chi connectivity index (χ4v) is 16.6. The van der Waals surface area contributed by atoms with Gasteiger partial charge in [0.2, 0.25) is 0 Å². The molecule has 0 saturated carbocycles. The van der Waals surface area contributed by atoms with Gasteiger partial charge in [0, 0.05) is 48.6 Å². The summed E-state index contributed by atoms with van der Waals surface area (Å²) in [6.07, 6.45) is 4.29. The second kappa shape index (κ2) is 20.8. The van der Waals surface area contributed by atoms with Crippen LogP contribution in [-0.4, -0.2) is 89.8 Å². The van der Waals surface area contributed by atoms with Crippen LogP contribution in [-0.2, 0) is 27.6 Å². The van der Waals surface area contributed by atoms with E-state index >= 15 is 4.79 Å². The number of esters is 1. The lowest BCUT2D eigenvalue weighted by Crippen LogP contribution is -2.53. The lowest BCUT2D eigenvalue weighted by molar-refractivity contribution is -0.153. The molecule has 3 rings (SSSR count). The number of cyclic esters (lactones) is 1. The molecule has 340 valence electrons. The Hall–Kier alpha value is -1.42. The Balaban J connectivity index is 2.16. The molecule has 2 aliphatic heterocycles. The number of ketones is 1. The fourth-order valence-electron chi connectivity index (χ4n) is 9.54. The molecule has 59 heavy (non-hydrogen) atoms. The number of hydrogen-bond donors (Lipinski definition) is 0. The number of aromatic nitrogens is 1. The van der Waals surface area contributed by atoms with E-state index in [1.807, 2.05) is 39.8 Å². The standard InChI is InChI=1S/C47H88N2O7Si3/c1-19-58(20-2,21-3)55-41-33-42(50)53-39(35(8)30-38-31-36(9)48-54-38)32-40-47(16,49(40)28-29-52-57(17,18)45(11,12)13)27-25-26-34(7)43(37(10)44(51)46(41,14)15)56-59(22-4,23-5)24-6/h30-31,34,37,39-41,43H,19-29,32-33H2,1-18H3/b35-30+/t34-,37+,39-,40-,41-,43-,47+,49?/m0/s1. The Morgan fingerprint density at radius 1 is 0.949 bits per heavy atom. The Morgan fingerprint density at radius 2 is 1.51 bits per heavy atom. The summed E-state index contributed by atoms with van der Waals surface area (Å²) in [4.78, 5) is 32.3. The van der Waals surface area contributed by atoms with Gasteiger partial charge in [-0.2, -0.15) is 0 Å². The molecule has 2 aliphatic rings. The van der Waals surface area contributed by atoms with E-state index in [9.17, 15) is 4.79 Å². The van der Waals surface area contributed by atoms with Crippen molar-refractivity contribution in [1.29, 1.82) is 0 Å². The number of Topliss-reactive ketones (excluding diaryl/α,β-unsaturated/α-hetero) is 1. The van der Waals surface area contributed by atoms with Crippen molar-refractivity contribution in [1.82, 2.24) is 10.1 Å². The van der Waals surface area contributed by atoms with Crippen LogP contribution in [0.1, 0.15) is 147 Å². The van der Waals surface area contributed by atoms with Crippen LogP contribution in [0, 0.1) is 24.2 Å². The highest BCUT2D eigenvalue weighted by Gasteiger charge is 2.59. The molecule has 8 atom stereocenters. The van der Waals surface area contributed by atoms with Crippen molar-refractivity contribution in [2.24, 2.45) is 17.3 Å². The van der Waals surface area contributed by atoms with Crippen LogP contribution in [0.5, 0.6) is 0 Å². The number of nitrogens with zero attached hydrogens (tertiary/aromatic N) is 2. The average molecular weight is 877 g/mol. The summed E-state index contributed by atoms with van der Waals surface area (Å²) < 4.78 is 33.6. The second-order valence-electron chi connectivity index (χ2n) is 20.8. The van der Waals surface area contributed by atoms with Crippen LogP contribution in [0.4, 0.5) is 0 Å². The lowest BCUT2D eigenvalue weighted by Gasteiger charge is -2.44. The van der Waals surface area contributed by atoms with Crippen LogP contribution in [0.25, 0.3) is 6.08 Å². The smallest absolute Gasteiger partial charge is 0.309 e. The van der Waals surface area contributed by atoms with Gasteiger partial charge in [-0.3, -0.25) is 14.5 Å². The van der Waals surface area contributed by atoms with Gasteiger partial charge in [0.15, 0.2) is 30.7 Å². The van der Waals surface area contributed by atoms with Gasteiger partial charge in [-0.05, 0) is 106 Å². The molecule has 0 aliphatic carbocycles. The molecule has 9 nitrogen and oxygen atoms in total. The van der Waals surface area contributed by atoms with Gasteiger partial charge in [0.25, 0.3) is 0 Å². The number of aryl methyl sites for hydroxylation is 1. The summed E-state index contributed by atoms with van der Waals surface area (Å²) in [5.41, 5.74) is 0.673. The SMILES string of the molecule is CC[Si](CC)(CC)O[C@H]1[C@@H](C)CCC[C@]2(C)[C@H](C[C@@H](/C(C)=C/c3cc(C)no3)OC(=O)C[C@H](O[Si](CC)(CC)CC)C(C)(C)C(=O)[C@@H]1C)N2CCO[Si](C)(C)C(C)(C)C. The summed E-state index contributed by atoms with van der Waals surface area (Å²) in [6, 6.07) is 7.94. The maximum absolute atomic E-state index is 15.2. The van der Waals surface area contributed by atoms with Crippen molar-refractivity contribution in [3.8, 4) is 0 Å². The zero-order chi connectivity index (χ0) is 44.8. The van der Waals surface area contributed by atoms with E-state index in [4.69, 9.17) is 22.5 Å². The highest BCUT2D eigenvalue weighted by molar-refractivity contribution is 6.74. The monoisotopic (exact) mass is 877 g/mol. The van der Waals surface area contributed by atoms with Crippen molar-refractivity contribution < 1.29 is 32.1 Å². The van der Waals surface area contributed by atoms with E-state index in [1.54, 1.807) is 0 Å². The number of fused-ring (bicyclic) bond motifs is 1. The number of ether oxygens (including phenoxy) is 1. The molecular formula is C47H88N2O7Si3. The molecular weight excluding hydrogens is 789 g/mol. The summed E-state index contributed by atoms with van der Waals surface area (Å²) in [7, 11) is -6.28. The molecule has 0 radical (unpaired) electrons. The molecule has 2 saturated heterocycles. The van der Waals surface area contributed by atoms with E-state index in [0.29, 0.717) is 18.8 Å². The molecule has 0 bridgehead atoms. The Bertz CT molecular complexity index is 1530. The maximum Gasteiger partial charge on any atom is 0.309 e. The first-order chi connectivity index (χ1) is 27.3. The van der Waals surface area contributed by atoms with Crippen LogP contribution in [0.15, 0.2) is 16.2 Å². The molecule has 0 amide bonds. The average Bonchev–Trinajstić information content (AvgIpc) is 3.47. The minimum absolute atomic E-state index is 0.00997. The van der Waals surface area contributed by atoms with Gasteiger partial charge in [-0.1, -0.05) is 102 Å². The van der Waals surface area contributed by atoms with Gasteiger partial charge >= 0.3 is 5.97 Å². The highest BCUT2D eigenvalue weighted by atomic mass is 28.4. The lowest BCUT2D eigenvalue weighted by atomic mass is 9.73. The quantitative estimate of drug-likeness (QED) is 0.0913. The Kier molecular flexibility index (Phi) is 18.3. The Morgan fingerprint density at radius 3 is 2.02 bits per heavy atom. The van der Waals surface area contributed by atoms with Crippen molar-refractivity contribution in [2.75, 3.05) is 13.2 Å². The first kappa shape index (κ1) is 51.9. The third-order valence-electron chi connectivity index (χ3n) is 15.8. The van der Waals surface area contributed by atoms with Gasteiger partial charge in [-0.15, -0.1) is 0 Å². The first-order valence-electron chi connectivity index (χ1n) is 23.5. The third kappa shape index (κ3) is 12.4. The summed E-state index contributed by atoms with van der Waals surface area (Å²) in [5, 5.41) is 4.24. The zero-order valence-electron chi connectivity index (χ0n) is 41.1. The maximum atomic E-state index is 15.2. The third-order valence-corrected chi connectivity index (χ3v) is 29.6. The molecule has 0 N–H and O–H groups in total. The van der Waals surface area contributed by atoms with Crippen LogP contribution in [0.3, 0.4) is 0 Å². The molecule has 0 aromatic carbocycles. The molecule has 2 fully saturated rings. The summed E-state index contributed by atoms with van der Waals surface area (Å²) in [6.45, 7) is 41.1. The normalized spacial score (nSPS) is 29.6. The predicted molar refractivity (Wildman–Crippen MR) is 251 cm³/mol. The molecule has 0 spiro atoms. The first-order valence-corrected chi connectivity index (χ1v) is 31.4. The van der Waals surface area contributed by atoms with Crippen molar-refractivity contribution >= 4 is 42.8 Å². The van der Waals surface area contributed by atoms with Gasteiger partial charge in [0.1, 0.15) is 11.9 Å². The van der Waals surface area contributed by atoms with Gasteiger partial charge < -0.3 is 22.5 Å². The van der Waals surface area contributed by atoms with E-state index in [1.165, 1.54) is 0 Å². The molecule has 12 heteroatoms. The minimum atomic E-state index is -2.26. The van der Waals surface area contributed by atoms with Crippen LogP contribution < -0.4 is 0 Å². The second-order valence-corrected chi connectivity index (χ2v) is 35.0. The van der Waals surface area contributed by atoms with Crippen molar-refractivity contribution in [2.45, 2.75) is 227 Å². The number of rotatable bonds is 16. The predicted octanol–water partition coefficient (Wildman–Crippen LogP) is 12.4. The summed E-state index contributed by atoms with van der Waals surface area (Å²) >= 11 is 0. The van der Waals surface area contributed by atoms with Crippen molar-refractivity contribution in [3.63, 3.8) is 0 Å². The topological polar surface area (TPSA) is 100 Å². The van der Waals surface area contributed by atoms with E-state index in [0.717, 1.165) is 73.3 Å². The Labute approximate surface area is 364 Å². The molecule has 3 heterocycles. The number of carbonyl (C=O) groups excluding carboxylic acids is 2. The van der Waals surface area contributed by atoms with Crippen molar-refractivity contribution in [3.05, 3.63) is 23.1 Å². The number of hydrogen-bond acceptors (Lipinski definition) is 9. The van der Waals surface area contributed by atoms with Crippen LogP contribution >= 0.6 is 0 Å². The summed E-state index contributed by atoms with van der Waals surface area (Å²) in [5.74, 6) is 0.253. The fraction of sp³-hybridized carbons (Fsp3) is 0.851. The minimum Gasteiger partial charge on any atom is -0.458 e. The molecule has 1 aromatic rings. The molecule has 1 aromatic heterocycles. The van der Waals surface area contributed by atoms with E-state index in [-0.39, 0.29) is 52.7 Å². The van der Waals surface area contributed by atoms with E-state index < -0.39 is 42.6 Å². The van der Waals surface area contributed by atoms with Gasteiger partial charge in [-0.25, -0.2) is 0 Å². The number of carbonyl (C=O) groups is 2. The largest absolute Gasteiger partial charge is 0.458 e. The zero-order valence-corrected chi connectivity index (χ0v) is 44.1. The molecule has 1 unspecified atom stereocenters.